The fourth-order valence-corrected chi connectivity index (χ4v) is 2.69. The number of carbonyl (C=O) groups excluding carboxylic acids is 1. The first-order valence-corrected chi connectivity index (χ1v) is 7.59. The largest absolute Gasteiger partial charge is 0.391 e. The zero-order valence-electron chi connectivity index (χ0n) is 12.2. The highest BCUT2D eigenvalue weighted by Crippen LogP contribution is 2.32. The van der Waals surface area contributed by atoms with Crippen molar-refractivity contribution in [3.05, 3.63) is 18.2 Å². The van der Waals surface area contributed by atoms with Crippen molar-refractivity contribution in [3.63, 3.8) is 0 Å². The van der Waals surface area contributed by atoms with Crippen molar-refractivity contribution in [1.29, 1.82) is 0 Å². The number of urea groups is 1. The van der Waals surface area contributed by atoms with Crippen LogP contribution in [-0.2, 0) is 0 Å². The highest BCUT2D eigenvalue weighted by atomic mass is 16.3. The third kappa shape index (κ3) is 3.64. The van der Waals surface area contributed by atoms with E-state index in [1.54, 1.807) is 6.07 Å². The molecule has 1 saturated carbocycles. The van der Waals surface area contributed by atoms with Crippen LogP contribution in [0.2, 0.25) is 0 Å². The van der Waals surface area contributed by atoms with E-state index in [0.29, 0.717) is 18.3 Å². The Balaban J connectivity index is 1.58. The predicted octanol–water partition coefficient (Wildman–Crippen LogP) is 1.57. The number of aromatic nitrogens is 1. The monoisotopic (exact) mass is 290 g/mol. The first kappa shape index (κ1) is 14.1. The van der Waals surface area contributed by atoms with Crippen molar-refractivity contribution < 1.29 is 9.90 Å². The Kier molecular flexibility index (Phi) is 3.96. The minimum Gasteiger partial charge on any atom is -0.391 e. The van der Waals surface area contributed by atoms with Crippen molar-refractivity contribution in [3.8, 4) is 0 Å². The van der Waals surface area contributed by atoms with Crippen LogP contribution in [0.25, 0.3) is 0 Å². The van der Waals surface area contributed by atoms with Gasteiger partial charge in [0.1, 0.15) is 11.6 Å². The van der Waals surface area contributed by atoms with Crippen LogP contribution >= 0.6 is 0 Å². The number of nitrogens with one attached hydrogen (secondary N) is 2. The second-order valence-corrected chi connectivity index (χ2v) is 5.99. The lowest BCUT2D eigenvalue weighted by atomic mass is 10.2. The van der Waals surface area contributed by atoms with Gasteiger partial charge < -0.3 is 15.3 Å². The molecule has 0 bridgehead atoms. The van der Waals surface area contributed by atoms with E-state index in [0.717, 1.165) is 18.8 Å². The first-order chi connectivity index (χ1) is 10.1. The number of aliphatic hydroxyl groups excluding tert-OH is 1. The van der Waals surface area contributed by atoms with Gasteiger partial charge in [-0.1, -0.05) is 6.07 Å². The SMILES string of the molecule is C[C@H](NC(=O)Nc1cccc(N2CC[C@H](O)C2)n1)C1CC1. The standard InChI is InChI=1S/C15H22N4O2/c1-10(11-5-6-11)16-15(21)18-13-3-2-4-14(17-13)19-8-7-12(20)9-19/h2-4,10-12,20H,5-9H2,1H3,(H2,16,17,18,21)/t10-,12-/m0/s1. The Bertz CT molecular complexity index is 518. The zero-order chi connectivity index (χ0) is 14.8. The van der Waals surface area contributed by atoms with Gasteiger partial charge in [-0.25, -0.2) is 9.78 Å². The summed E-state index contributed by atoms with van der Waals surface area (Å²) in [7, 11) is 0. The fourth-order valence-electron chi connectivity index (χ4n) is 2.69. The smallest absolute Gasteiger partial charge is 0.320 e. The van der Waals surface area contributed by atoms with Crippen LogP contribution in [0.4, 0.5) is 16.4 Å². The minimum absolute atomic E-state index is 0.208. The molecule has 0 unspecified atom stereocenters. The maximum atomic E-state index is 11.9. The highest BCUT2D eigenvalue weighted by molar-refractivity contribution is 5.88. The molecule has 1 aliphatic carbocycles. The number of hydrogen-bond donors (Lipinski definition) is 3. The lowest BCUT2D eigenvalue weighted by Crippen LogP contribution is -2.37. The quantitative estimate of drug-likeness (QED) is 0.786. The van der Waals surface area contributed by atoms with Crippen molar-refractivity contribution in [2.75, 3.05) is 23.3 Å². The third-order valence-corrected chi connectivity index (χ3v) is 4.15. The highest BCUT2D eigenvalue weighted by Gasteiger charge is 2.29. The average Bonchev–Trinajstić information content (AvgIpc) is 3.21. The van der Waals surface area contributed by atoms with Gasteiger partial charge >= 0.3 is 6.03 Å². The summed E-state index contributed by atoms with van der Waals surface area (Å²) in [4.78, 5) is 18.4. The van der Waals surface area contributed by atoms with Crippen molar-refractivity contribution in [1.82, 2.24) is 10.3 Å². The molecule has 1 saturated heterocycles. The number of nitrogens with zero attached hydrogens (tertiary/aromatic N) is 2. The molecule has 3 rings (SSSR count). The molecular weight excluding hydrogens is 268 g/mol. The van der Waals surface area contributed by atoms with Crippen molar-refractivity contribution >= 4 is 17.7 Å². The molecule has 0 spiro atoms. The number of anilines is 2. The molecule has 1 aromatic heterocycles. The fraction of sp³-hybridized carbons (Fsp3) is 0.600. The van der Waals surface area contributed by atoms with Crippen molar-refractivity contribution in [2.45, 2.75) is 38.3 Å². The molecular formula is C15H22N4O2. The Morgan fingerprint density at radius 2 is 2.24 bits per heavy atom. The number of amides is 2. The summed E-state index contributed by atoms with van der Waals surface area (Å²) in [6.07, 6.45) is 2.88. The number of aliphatic hydroxyl groups is 1. The van der Waals surface area contributed by atoms with E-state index in [9.17, 15) is 9.90 Å². The summed E-state index contributed by atoms with van der Waals surface area (Å²) in [6, 6.07) is 5.54. The average molecular weight is 290 g/mol. The molecule has 114 valence electrons. The predicted molar refractivity (Wildman–Crippen MR) is 81.4 cm³/mol. The van der Waals surface area contributed by atoms with Gasteiger partial charge in [-0.15, -0.1) is 0 Å². The van der Waals surface area contributed by atoms with Gasteiger partial charge in [-0.05, 0) is 44.2 Å². The van der Waals surface area contributed by atoms with E-state index in [1.807, 2.05) is 24.0 Å². The maximum Gasteiger partial charge on any atom is 0.320 e. The molecule has 6 heteroatoms. The number of β-amino-alcohol motifs (C(OH)–C–C–N with tert-alkyl or cyclic N) is 1. The molecule has 0 radical (unpaired) electrons. The normalized spacial score (nSPS) is 23.0. The van der Waals surface area contributed by atoms with Crippen LogP contribution < -0.4 is 15.5 Å². The van der Waals surface area contributed by atoms with E-state index >= 15 is 0 Å². The molecule has 2 amide bonds. The first-order valence-electron chi connectivity index (χ1n) is 7.59. The summed E-state index contributed by atoms with van der Waals surface area (Å²) in [6.45, 7) is 3.43. The van der Waals surface area contributed by atoms with Gasteiger partial charge in [0.15, 0.2) is 0 Å². The Labute approximate surface area is 124 Å². The molecule has 3 N–H and O–H groups in total. The number of hydrogen-bond acceptors (Lipinski definition) is 4. The lowest BCUT2D eigenvalue weighted by Gasteiger charge is -2.18. The van der Waals surface area contributed by atoms with Gasteiger partial charge in [-0.3, -0.25) is 5.32 Å². The third-order valence-electron chi connectivity index (χ3n) is 4.15. The lowest BCUT2D eigenvalue weighted by molar-refractivity contribution is 0.198. The van der Waals surface area contributed by atoms with Crippen LogP contribution in [0.3, 0.4) is 0 Å². The minimum atomic E-state index is -0.286. The summed E-state index contributed by atoms with van der Waals surface area (Å²) < 4.78 is 0. The van der Waals surface area contributed by atoms with Gasteiger partial charge in [0.25, 0.3) is 0 Å². The summed E-state index contributed by atoms with van der Waals surface area (Å²) >= 11 is 0. The number of pyridine rings is 1. The van der Waals surface area contributed by atoms with Crippen LogP contribution in [0.1, 0.15) is 26.2 Å². The van der Waals surface area contributed by atoms with Crippen LogP contribution in [0.5, 0.6) is 0 Å². The van der Waals surface area contributed by atoms with Crippen molar-refractivity contribution in [2.24, 2.45) is 5.92 Å². The number of rotatable bonds is 4. The summed E-state index contributed by atoms with van der Waals surface area (Å²) in [5.41, 5.74) is 0. The summed E-state index contributed by atoms with van der Waals surface area (Å²) in [5, 5.41) is 15.3. The number of carbonyl (C=O) groups is 1. The van der Waals surface area contributed by atoms with E-state index in [2.05, 4.69) is 15.6 Å². The Morgan fingerprint density at radius 3 is 2.90 bits per heavy atom. The van der Waals surface area contributed by atoms with Crippen LogP contribution in [0, 0.1) is 5.92 Å². The second kappa shape index (κ2) is 5.89. The molecule has 0 aromatic carbocycles. The van der Waals surface area contributed by atoms with Gasteiger partial charge in [0.05, 0.1) is 6.10 Å². The van der Waals surface area contributed by atoms with Crippen LogP contribution in [0.15, 0.2) is 18.2 Å². The molecule has 1 aromatic rings. The maximum absolute atomic E-state index is 11.9. The molecule has 2 fully saturated rings. The van der Waals surface area contributed by atoms with Crippen LogP contribution in [-0.4, -0.2) is 41.4 Å². The van der Waals surface area contributed by atoms with Gasteiger partial charge in [0, 0.05) is 19.1 Å². The summed E-state index contributed by atoms with van der Waals surface area (Å²) in [5.74, 6) is 1.95. The molecule has 21 heavy (non-hydrogen) atoms. The molecule has 2 aliphatic rings. The zero-order valence-corrected chi connectivity index (χ0v) is 12.2. The second-order valence-electron chi connectivity index (χ2n) is 5.99. The molecule has 2 atom stereocenters. The van der Waals surface area contributed by atoms with E-state index in [1.165, 1.54) is 12.8 Å². The molecule has 1 aliphatic heterocycles. The molecule has 6 nitrogen and oxygen atoms in total. The van der Waals surface area contributed by atoms with E-state index in [4.69, 9.17) is 0 Å². The Hall–Kier alpha value is -1.82. The van der Waals surface area contributed by atoms with Gasteiger partial charge in [0.2, 0.25) is 0 Å². The van der Waals surface area contributed by atoms with Gasteiger partial charge in [-0.2, -0.15) is 0 Å². The Morgan fingerprint density at radius 1 is 1.43 bits per heavy atom. The van der Waals surface area contributed by atoms with E-state index in [-0.39, 0.29) is 18.2 Å². The topological polar surface area (TPSA) is 77.5 Å². The molecule has 2 heterocycles. The van der Waals surface area contributed by atoms with E-state index < -0.39 is 0 Å².